The van der Waals surface area contributed by atoms with Crippen molar-refractivity contribution in [1.82, 2.24) is 10.2 Å². The van der Waals surface area contributed by atoms with Crippen LogP contribution in [-0.4, -0.2) is 62.2 Å². The third-order valence-electron chi connectivity index (χ3n) is 5.44. The monoisotopic (exact) mass is 413 g/mol. The number of para-hydroxylation sites is 2. The number of aryl methyl sites for hydroxylation is 1. The van der Waals surface area contributed by atoms with Crippen LogP contribution in [0.15, 0.2) is 40.8 Å². The molecule has 2 amide bonds. The van der Waals surface area contributed by atoms with Crippen molar-refractivity contribution >= 4 is 17.5 Å². The maximum atomic E-state index is 12.8. The number of amides is 2. The van der Waals surface area contributed by atoms with Crippen LogP contribution in [0.2, 0.25) is 0 Å². The largest absolute Gasteiger partial charge is 0.479 e. The van der Waals surface area contributed by atoms with E-state index in [1.165, 1.54) is 4.90 Å². The molecule has 0 saturated carbocycles. The van der Waals surface area contributed by atoms with Crippen LogP contribution in [0.5, 0.6) is 5.75 Å². The lowest BCUT2D eigenvalue weighted by Gasteiger charge is -2.34. The Balaban J connectivity index is 1.44. The summed E-state index contributed by atoms with van der Waals surface area (Å²) in [4.78, 5) is 29.1. The highest BCUT2D eigenvalue weighted by Gasteiger charge is 2.33. The first-order chi connectivity index (χ1) is 14.5. The second-order valence-corrected chi connectivity index (χ2v) is 7.57. The number of hydrogen-bond acceptors (Lipinski definition) is 6. The molecule has 2 aromatic rings. The van der Waals surface area contributed by atoms with Crippen LogP contribution in [-0.2, 0) is 14.3 Å². The zero-order valence-corrected chi connectivity index (χ0v) is 17.3. The molecule has 1 aromatic carbocycles. The van der Waals surface area contributed by atoms with E-state index >= 15 is 0 Å². The molecule has 2 aliphatic rings. The molecule has 4 rings (SSSR count). The standard InChI is InChI=1S/C22H27N3O5/c1-15-7-8-20(29-15)18(24-9-11-28-12-10-24)13-23-21(26)14-25-17-5-3-4-6-19(17)30-16(2)22(25)27/h3-8,16,18H,9-14H2,1-2H3,(H,23,26). The molecule has 160 valence electrons. The Morgan fingerprint density at radius 1 is 1.20 bits per heavy atom. The van der Waals surface area contributed by atoms with E-state index in [0.717, 1.165) is 24.6 Å². The fourth-order valence-corrected chi connectivity index (χ4v) is 3.86. The van der Waals surface area contributed by atoms with Crippen LogP contribution >= 0.6 is 0 Å². The summed E-state index contributed by atoms with van der Waals surface area (Å²) in [6.07, 6.45) is -0.625. The number of benzene rings is 1. The number of hydrogen-bond donors (Lipinski definition) is 1. The number of rotatable bonds is 6. The van der Waals surface area contributed by atoms with Crippen LogP contribution in [0, 0.1) is 6.92 Å². The molecule has 0 aliphatic carbocycles. The minimum atomic E-state index is -0.625. The van der Waals surface area contributed by atoms with Crippen molar-refractivity contribution in [3.63, 3.8) is 0 Å². The highest BCUT2D eigenvalue weighted by atomic mass is 16.5. The van der Waals surface area contributed by atoms with Crippen molar-refractivity contribution in [3.8, 4) is 5.75 Å². The highest BCUT2D eigenvalue weighted by Crippen LogP contribution is 2.33. The summed E-state index contributed by atoms with van der Waals surface area (Å²) in [5.41, 5.74) is 0.613. The van der Waals surface area contributed by atoms with Gasteiger partial charge in [0, 0.05) is 19.6 Å². The molecular formula is C22H27N3O5. The molecule has 0 radical (unpaired) electrons. The third kappa shape index (κ3) is 4.34. The molecule has 0 bridgehead atoms. The molecule has 2 aliphatic heterocycles. The second kappa shape index (κ2) is 8.89. The van der Waals surface area contributed by atoms with Gasteiger partial charge in [0.15, 0.2) is 6.10 Å². The number of anilines is 1. The number of ether oxygens (including phenoxy) is 2. The zero-order valence-electron chi connectivity index (χ0n) is 17.3. The topological polar surface area (TPSA) is 84.2 Å². The molecule has 2 atom stereocenters. The molecule has 1 saturated heterocycles. The van der Waals surface area contributed by atoms with Crippen molar-refractivity contribution in [3.05, 3.63) is 47.9 Å². The molecule has 3 heterocycles. The summed E-state index contributed by atoms with van der Waals surface area (Å²) in [6, 6.07) is 11.0. The predicted octanol–water partition coefficient (Wildman–Crippen LogP) is 1.89. The Kier molecular flexibility index (Phi) is 6.06. The smallest absolute Gasteiger partial charge is 0.268 e. The number of fused-ring (bicyclic) bond motifs is 1. The quantitative estimate of drug-likeness (QED) is 0.779. The van der Waals surface area contributed by atoms with Gasteiger partial charge in [-0.3, -0.25) is 19.4 Å². The lowest BCUT2D eigenvalue weighted by Crippen LogP contribution is -2.50. The van der Waals surface area contributed by atoms with Crippen molar-refractivity contribution in [2.45, 2.75) is 26.0 Å². The molecular weight excluding hydrogens is 386 g/mol. The molecule has 0 spiro atoms. The Labute approximate surface area is 175 Å². The summed E-state index contributed by atoms with van der Waals surface area (Å²) >= 11 is 0. The zero-order chi connectivity index (χ0) is 21.1. The molecule has 30 heavy (non-hydrogen) atoms. The van der Waals surface area contributed by atoms with Gasteiger partial charge in [0.1, 0.15) is 23.8 Å². The first-order valence-corrected chi connectivity index (χ1v) is 10.2. The molecule has 1 N–H and O–H groups in total. The molecule has 2 unspecified atom stereocenters. The summed E-state index contributed by atoms with van der Waals surface area (Å²) in [5.74, 6) is 1.80. The molecule has 8 nitrogen and oxygen atoms in total. The molecule has 8 heteroatoms. The fourth-order valence-electron chi connectivity index (χ4n) is 3.86. The SMILES string of the molecule is Cc1ccc(C(CNC(=O)CN2C(=O)C(C)Oc3ccccc32)N2CCOCC2)o1. The number of carbonyl (C=O) groups excluding carboxylic acids is 2. The van der Waals surface area contributed by atoms with Crippen LogP contribution in [0.25, 0.3) is 0 Å². The average molecular weight is 413 g/mol. The number of nitrogens with one attached hydrogen (secondary N) is 1. The van der Waals surface area contributed by atoms with E-state index in [0.29, 0.717) is 31.2 Å². The third-order valence-corrected chi connectivity index (χ3v) is 5.44. The lowest BCUT2D eigenvalue weighted by atomic mass is 10.1. The van der Waals surface area contributed by atoms with Gasteiger partial charge in [0.25, 0.3) is 5.91 Å². The van der Waals surface area contributed by atoms with E-state index in [-0.39, 0.29) is 24.4 Å². The number of furan rings is 1. The van der Waals surface area contributed by atoms with Gasteiger partial charge in [-0.2, -0.15) is 0 Å². The summed E-state index contributed by atoms with van der Waals surface area (Å²) in [6.45, 7) is 6.78. The van der Waals surface area contributed by atoms with E-state index < -0.39 is 6.10 Å². The van der Waals surface area contributed by atoms with Crippen LogP contribution in [0.4, 0.5) is 5.69 Å². The van der Waals surface area contributed by atoms with Crippen LogP contribution < -0.4 is 15.0 Å². The summed E-state index contributed by atoms with van der Waals surface area (Å²) in [7, 11) is 0. The molecule has 1 fully saturated rings. The van der Waals surface area contributed by atoms with Crippen LogP contribution in [0.1, 0.15) is 24.5 Å². The minimum Gasteiger partial charge on any atom is -0.479 e. The number of nitrogens with zero attached hydrogens (tertiary/aromatic N) is 2. The van der Waals surface area contributed by atoms with Crippen molar-refractivity contribution in [1.29, 1.82) is 0 Å². The average Bonchev–Trinajstić information content (AvgIpc) is 3.18. The lowest BCUT2D eigenvalue weighted by molar-refractivity contribution is -0.128. The van der Waals surface area contributed by atoms with Gasteiger partial charge in [-0.15, -0.1) is 0 Å². The van der Waals surface area contributed by atoms with Crippen molar-refractivity contribution in [2.75, 3.05) is 44.3 Å². The molecule has 1 aromatic heterocycles. The predicted molar refractivity (Wildman–Crippen MR) is 110 cm³/mol. The van der Waals surface area contributed by atoms with Gasteiger partial charge in [-0.05, 0) is 38.1 Å². The Bertz CT molecular complexity index is 906. The number of morpholine rings is 1. The van der Waals surface area contributed by atoms with Gasteiger partial charge in [0.2, 0.25) is 5.91 Å². The summed E-state index contributed by atoms with van der Waals surface area (Å²) in [5, 5.41) is 2.99. The van der Waals surface area contributed by atoms with E-state index in [4.69, 9.17) is 13.9 Å². The Hall–Kier alpha value is -2.84. The second-order valence-electron chi connectivity index (χ2n) is 7.57. The normalized spacial score (nSPS) is 20.4. The summed E-state index contributed by atoms with van der Waals surface area (Å²) < 4.78 is 16.9. The Morgan fingerprint density at radius 2 is 1.97 bits per heavy atom. The van der Waals surface area contributed by atoms with Crippen molar-refractivity contribution in [2.24, 2.45) is 0 Å². The number of carbonyl (C=O) groups is 2. The van der Waals surface area contributed by atoms with Gasteiger partial charge in [-0.25, -0.2) is 0 Å². The van der Waals surface area contributed by atoms with E-state index in [1.54, 1.807) is 19.1 Å². The first kappa shape index (κ1) is 20.4. The van der Waals surface area contributed by atoms with Crippen molar-refractivity contribution < 1.29 is 23.5 Å². The fraction of sp³-hybridized carbons (Fsp3) is 0.455. The van der Waals surface area contributed by atoms with Gasteiger partial charge in [-0.1, -0.05) is 12.1 Å². The van der Waals surface area contributed by atoms with Gasteiger partial charge in [0.05, 0.1) is 24.9 Å². The first-order valence-electron chi connectivity index (χ1n) is 10.2. The maximum Gasteiger partial charge on any atom is 0.268 e. The van der Waals surface area contributed by atoms with Gasteiger partial charge >= 0.3 is 0 Å². The highest BCUT2D eigenvalue weighted by molar-refractivity contribution is 6.03. The van der Waals surface area contributed by atoms with E-state index in [9.17, 15) is 9.59 Å². The Morgan fingerprint density at radius 3 is 2.70 bits per heavy atom. The van der Waals surface area contributed by atoms with E-state index in [2.05, 4.69) is 10.2 Å². The van der Waals surface area contributed by atoms with E-state index in [1.807, 2.05) is 31.2 Å². The minimum absolute atomic E-state index is 0.0590. The van der Waals surface area contributed by atoms with Crippen LogP contribution in [0.3, 0.4) is 0 Å². The van der Waals surface area contributed by atoms with Gasteiger partial charge < -0.3 is 19.2 Å². The maximum absolute atomic E-state index is 12.8.